The van der Waals surface area contributed by atoms with E-state index in [-0.39, 0.29) is 30.3 Å². The van der Waals surface area contributed by atoms with Gasteiger partial charge in [-0.05, 0) is 37.1 Å². The van der Waals surface area contributed by atoms with Crippen LogP contribution < -0.4 is 0 Å². The lowest BCUT2D eigenvalue weighted by molar-refractivity contribution is -0.154. The van der Waals surface area contributed by atoms with Gasteiger partial charge in [0.2, 0.25) is 0 Å². The zero-order chi connectivity index (χ0) is 16.5. The summed E-state index contributed by atoms with van der Waals surface area (Å²) in [7, 11) is 0. The Hall–Kier alpha value is -1.95. The molecule has 126 valence electrons. The van der Waals surface area contributed by atoms with E-state index in [1.54, 1.807) is 17.4 Å². The van der Waals surface area contributed by atoms with Crippen molar-refractivity contribution in [1.82, 2.24) is 5.16 Å². The van der Waals surface area contributed by atoms with E-state index in [0.717, 1.165) is 24.1 Å². The first-order valence-corrected chi connectivity index (χ1v) is 9.28. The minimum absolute atomic E-state index is 0.0625. The molecular formula is C18H19NO4S. The summed E-state index contributed by atoms with van der Waals surface area (Å²) in [6.45, 7) is 0.119. The lowest BCUT2D eigenvalue weighted by atomic mass is 9.67. The standard InChI is InChI=1S/C18H19NO4S/c20-17-11-3-1-4-12(17)8-13(7-11)18(21)22-10-14-9-15(23-19-14)16-5-2-6-24-16/h2,5-6,9,11-13H,1,3-4,7-8,10H2/t11-,12+,13?. The van der Waals surface area contributed by atoms with Gasteiger partial charge in [-0.25, -0.2) is 0 Å². The summed E-state index contributed by atoms with van der Waals surface area (Å²) < 4.78 is 10.7. The summed E-state index contributed by atoms with van der Waals surface area (Å²) in [6, 6.07) is 5.71. The number of Topliss-reactive ketones (excluding diaryl/α,β-unsaturated/α-hetero) is 1. The lowest BCUT2D eigenvalue weighted by Gasteiger charge is -2.36. The maximum atomic E-state index is 12.4. The fourth-order valence-corrected chi connectivity index (χ4v) is 4.52. The Balaban J connectivity index is 1.34. The number of nitrogens with zero attached hydrogens (tertiary/aromatic N) is 1. The number of thiophene rings is 1. The molecule has 2 aliphatic rings. The van der Waals surface area contributed by atoms with Crippen LogP contribution in [-0.2, 0) is 20.9 Å². The maximum absolute atomic E-state index is 12.4. The molecule has 0 N–H and O–H groups in total. The number of carbonyl (C=O) groups excluding carboxylic acids is 2. The Morgan fingerprint density at radius 1 is 1.33 bits per heavy atom. The molecule has 2 aromatic rings. The molecule has 2 fully saturated rings. The summed E-state index contributed by atoms with van der Waals surface area (Å²) in [6.07, 6.45) is 4.24. The Morgan fingerprint density at radius 2 is 2.12 bits per heavy atom. The molecule has 0 aliphatic heterocycles. The number of ketones is 1. The number of esters is 1. The molecule has 4 rings (SSSR count). The number of hydrogen-bond acceptors (Lipinski definition) is 6. The highest BCUT2D eigenvalue weighted by Gasteiger charge is 2.41. The van der Waals surface area contributed by atoms with Crippen LogP contribution in [-0.4, -0.2) is 16.9 Å². The van der Waals surface area contributed by atoms with E-state index in [0.29, 0.717) is 30.1 Å². The Morgan fingerprint density at radius 3 is 2.83 bits per heavy atom. The van der Waals surface area contributed by atoms with Crippen molar-refractivity contribution in [3.05, 3.63) is 29.3 Å². The molecule has 2 bridgehead atoms. The van der Waals surface area contributed by atoms with E-state index in [1.807, 2.05) is 17.5 Å². The van der Waals surface area contributed by atoms with E-state index in [2.05, 4.69) is 5.16 Å². The first-order chi connectivity index (χ1) is 11.7. The van der Waals surface area contributed by atoms with Crippen molar-refractivity contribution in [2.24, 2.45) is 17.8 Å². The SMILES string of the molecule is O=C(OCc1cc(-c2cccs2)on1)C1C[C@H]2CCC[C@@H](C1)C2=O. The van der Waals surface area contributed by atoms with Gasteiger partial charge in [-0.1, -0.05) is 17.6 Å². The van der Waals surface area contributed by atoms with E-state index in [9.17, 15) is 9.59 Å². The molecule has 24 heavy (non-hydrogen) atoms. The third-order valence-electron chi connectivity index (χ3n) is 5.07. The maximum Gasteiger partial charge on any atom is 0.309 e. The Labute approximate surface area is 144 Å². The summed E-state index contributed by atoms with van der Waals surface area (Å²) >= 11 is 1.57. The monoisotopic (exact) mass is 345 g/mol. The number of aromatic nitrogens is 1. The first kappa shape index (κ1) is 15.6. The Kier molecular flexibility index (Phi) is 4.22. The lowest BCUT2D eigenvalue weighted by Crippen LogP contribution is -2.39. The first-order valence-electron chi connectivity index (χ1n) is 8.40. The van der Waals surface area contributed by atoms with Crippen molar-refractivity contribution in [2.45, 2.75) is 38.7 Å². The summed E-state index contributed by atoms with van der Waals surface area (Å²) in [5, 5.41) is 5.93. The van der Waals surface area contributed by atoms with Gasteiger partial charge in [0.1, 0.15) is 18.1 Å². The van der Waals surface area contributed by atoms with Crippen LogP contribution in [0.4, 0.5) is 0 Å². The quantitative estimate of drug-likeness (QED) is 0.788. The second kappa shape index (κ2) is 6.51. The minimum Gasteiger partial charge on any atom is -0.459 e. The van der Waals surface area contributed by atoms with Gasteiger partial charge < -0.3 is 9.26 Å². The third-order valence-corrected chi connectivity index (χ3v) is 5.95. The predicted octanol–water partition coefficient (Wildman–Crippen LogP) is 3.84. The van der Waals surface area contributed by atoms with Crippen molar-refractivity contribution in [3.63, 3.8) is 0 Å². The highest BCUT2D eigenvalue weighted by molar-refractivity contribution is 7.13. The summed E-state index contributed by atoms with van der Waals surface area (Å²) in [4.78, 5) is 25.5. The van der Waals surface area contributed by atoms with Gasteiger partial charge in [0, 0.05) is 17.9 Å². The summed E-state index contributed by atoms with van der Waals surface area (Å²) in [5.74, 6) is 0.818. The molecule has 5 nitrogen and oxygen atoms in total. The summed E-state index contributed by atoms with van der Waals surface area (Å²) in [5.41, 5.74) is 0.610. The second-order valence-corrected chi connectivity index (χ2v) is 7.61. The molecular weight excluding hydrogens is 326 g/mol. The van der Waals surface area contributed by atoms with Crippen molar-refractivity contribution in [2.75, 3.05) is 0 Å². The minimum atomic E-state index is -0.208. The van der Waals surface area contributed by atoms with Gasteiger partial charge >= 0.3 is 5.97 Å². The van der Waals surface area contributed by atoms with Gasteiger partial charge in [-0.3, -0.25) is 9.59 Å². The van der Waals surface area contributed by atoms with E-state index in [4.69, 9.17) is 9.26 Å². The fourth-order valence-electron chi connectivity index (χ4n) is 3.85. The van der Waals surface area contributed by atoms with Crippen molar-refractivity contribution < 1.29 is 18.8 Å². The second-order valence-electron chi connectivity index (χ2n) is 6.66. The average Bonchev–Trinajstić information content (AvgIpc) is 3.23. The van der Waals surface area contributed by atoms with Crippen LogP contribution >= 0.6 is 11.3 Å². The molecule has 3 atom stereocenters. The van der Waals surface area contributed by atoms with Crippen LogP contribution in [0.25, 0.3) is 10.6 Å². The zero-order valence-electron chi connectivity index (χ0n) is 13.3. The predicted molar refractivity (Wildman–Crippen MR) is 88.2 cm³/mol. The Bertz CT molecular complexity index is 720. The van der Waals surface area contributed by atoms with Gasteiger partial charge in [-0.2, -0.15) is 0 Å². The normalized spacial score (nSPS) is 26.3. The van der Waals surface area contributed by atoms with Gasteiger partial charge in [0.05, 0.1) is 10.8 Å². The molecule has 0 aromatic carbocycles. The highest BCUT2D eigenvalue weighted by Crippen LogP contribution is 2.40. The van der Waals surface area contributed by atoms with E-state index in [1.165, 1.54) is 0 Å². The number of rotatable bonds is 4. The van der Waals surface area contributed by atoms with Crippen LogP contribution in [0.3, 0.4) is 0 Å². The molecule has 0 saturated heterocycles. The molecule has 2 aromatic heterocycles. The molecule has 0 amide bonds. The number of ether oxygens (including phenoxy) is 1. The smallest absolute Gasteiger partial charge is 0.309 e. The number of fused-ring (bicyclic) bond motifs is 2. The molecule has 1 unspecified atom stereocenters. The van der Waals surface area contributed by atoms with Crippen LogP contribution in [0.15, 0.2) is 28.1 Å². The highest BCUT2D eigenvalue weighted by atomic mass is 32.1. The van der Waals surface area contributed by atoms with Gasteiger partial charge in [0.15, 0.2) is 5.76 Å². The number of hydrogen-bond donors (Lipinski definition) is 0. The van der Waals surface area contributed by atoms with Gasteiger partial charge in [-0.15, -0.1) is 11.3 Å². The van der Waals surface area contributed by atoms with E-state index >= 15 is 0 Å². The van der Waals surface area contributed by atoms with Crippen molar-refractivity contribution >= 4 is 23.1 Å². The van der Waals surface area contributed by atoms with Crippen LogP contribution in [0.5, 0.6) is 0 Å². The average molecular weight is 345 g/mol. The zero-order valence-corrected chi connectivity index (χ0v) is 14.1. The molecule has 2 aliphatic carbocycles. The van der Waals surface area contributed by atoms with Gasteiger partial charge in [0.25, 0.3) is 0 Å². The fraction of sp³-hybridized carbons (Fsp3) is 0.500. The third kappa shape index (κ3) is 3.02. The largest absolute Gasteiger partial charge is 0.459 e. The topological polar surface area (TPSA) is 69.4 Å². The van der Waals surface area contributed by atoms with Crippen LogP contribution in [0, 0.1) is 17.8 Å². The number of carbonyl (C=O) groups is 2. The van der Waals surface area contributed by atoms with Crippen LogP contribution in [0.1, 0.15) is 37.8 Å². The van der Waals surface area contributed by atoms with Crippen molar-refractivity contribution in [3.8, 4) is 10.6 Å². The van der Waals surface area contributed by atoms with Crippen molar-refractivity contribution in [1.29, 1.82) is 0 Å². The molecule has 2 heterocycles. The van der Waals surface area contributed by atoms with E-state index < -0.39 is 0 Å². The molecule has 2 saturated carbocycles. The van der Waals surface area contributed by atoms with Crippen LogP contribution in [0.2, 0.25) is 0 Å². The molecule has 0 radical (unpaired) electrons. The molecule has 0 spiro atoms. The molecule has 6 heteroatoms.